The van der Waals surface area contributed by atoms with Gasteiger partial charge in [0.2, 0.25) is 0 Å². The Labute approximate surface area is 238 Å². The highest BCUT2D eigenvalue weighted by Crippen LogP contribution is 2.44. The second-order valence-electron chi connectivity index (χ2n) is 9.95. The molecule has 1 aromatic heterocycles. The zero-order valence-electron chi connectivity index (χ0n) is 23.1. The molecule has 1 atom stereocenters. The SMILES string of the molecule is CCCc1c(C(=O)Nc2ccccc2)c(-c2ccccc2)c(-c2ccc(F)cc2)n1[C@@](O)(CC)CC(=O)CC(=O)O. The van der Waals surface area contributed by atoms with Crippen LogP contribution in [0.2, 0.25) is 0 Å². The molecule has 0 aliphatic heterocycles. The molecule has 1 amide bonds. The summed E-state index contributed by atoms with van der Waals surface area (Å²) in [6.07, 6.45) is -0.204. The fourth-order valence-corrected chi connectivity index (χ4v) is 5.19. The number of halogens is 1. The zero-order valence-corrected chi connectivity index (χ0v) is 23.1. The van der Waals surface area contributed by atoms with Crippen molar-refractivity contribution >= 4 is 23.3 Å². The van der Waals surface area contributed by atoms with Crippen LogP contribution in [0.15, 0.2) is 84.9 Å². The highest BCUT2D eigenvalue weighted by atomic mass is 19.1. The van der Waals surface area contributed by atoms with Crippen molar-refractivity contribution in [3.8, 4) is 22.4 Å². The van der Waals surface area contributed by atoms with Crippen LogP contribution >= 0.6 is 0 Å². The van der Waals surface area contributed by atoms with Crippen molar-refractivity contribution < 1.29 is 29.0 Å². The van der Waals surface area contributed by atoms with Gasteiger partial charge in [0.25, 0.3) is 5.91 Å². The van der Waals surface area contributed by atoms with E-state index in [1.165, 1.54) is 12.1 Å². The first-order valence-electron chi connectivity index (χ1n) is 13.6. The maximum atomic E-state index is 14.1. The summed E-state index contributed by atoms with van der Waals surface area (Å²) < 4.78 is 15.7. The topological polar surface area (TPSA) is 109 Å². The largest absolute Gasteiger partial charge is 0.481 e. The molecule has 1 heterocycles. The zero-order chi connectivity index (χ0) is 29.6. The number of nitrogens with one attached hydrogen (secondary N) is 1. The van der Waals surface area contributed by atoms with Gasteiger partial charge >= 0.3 is 5.97 Å². The van der Waals surface area contributed by atoms with Gasteiger partial charge in [0.15, 0.2) is 0 Å². The first kappa shape index (κ1) is 29.4. The molecule has 4 rings (SSSR count). The monoisotopic (exact) mass is 556 g/mol. The number of carbonyl (C=O) groups excluding carboxylic acids is 2. The number of rotatable bonds is 12. The lowest BCUT2D eigenvalue weighted by Crippen LogP contribution is -2.37. The summed E-state index contributed by atoms with van der Waals surface area (Å²) in [5, 5.41) is 24.4. The summed E-state index contributed by atoms with van der Waals surface area (Å²) >= 11 is 0. The molecule has 0 aliphatic rings. The highest BCUT2D eigenvalue weighted by molar-refractivity contribution is 6.12. The second-order valence-corrected chi connectivity index (χ2v) is 9.95. The number of benzene rings is 3. The Balaban J connectivity index is 2.10. The van der Waals surface area contributed by atoms with Crippen molar-refractivity contribution in [1.29, 1.82) is 0 Å². The fraction of sp³-hybridized carbons (Fsp3) is 0.242. The number of carbonyl (C=O) groups is 3. The van der Waals surface area contributed by atoms with Gasteiger partial charge in [0.05, 0.1) is 17.7 Å². The number of carboxylic acids is 1. The maximum absolute atomic E-state index is 14.1. The van der Waals surface area contributed by atoms with E-state index < -0.39 is 42.0 Å². The van der Waals surface area contributed by atoms with Crippen LogP contribution in [0, 0.1) is 5.82 Å². The molecule has 0 radical (unpaired) electrons. The fourth-order valence-electron chi connectivity index (χ4n) is 5.19. The highest BCUT2D eigenvalue weighted by Gasteiger charge is 2.39. The molecule has 0 saturated carbocycles. The molecule has 4 aromatic rings. The van der Waals surface area contributed by atoms with Crippen LogP contribution < -0.4 is 5.32 Å². The minimum absolute atomic E-state index is 0.0475. The quantitative estimate of drug-likeness (QED) is 0.169. The van der Waals surface area contributed by atoms with Gasteiger partial charge in [-0.2, -0.15) is 0 Å². The molecule has 3 aromatic carbocycles. The van der Waals surface area contributed by atoms with Crippen LogP contribution in [0.3, 0.4) is 0 Å². The third-order valence-corrected chi connectivity index (χ3v) is 7.01. The molecule has 212 valence electrons. The summed E-state index contributed by atoms with van der Waals surface area (Å²) in [5.74, 6) is -2.80. The summed E-state index contributed by atoms with van der Waals surface area (Å²) in [7, 11) is 0. The van der Waals surface area contributed by atoms with E-state index in [9.17, 15) is 29.0 Å². The number of carboxylic acid groups (broad SMARTS) is 1. The summed E-state index contributed by atoms with van der Waals surface area (Å²) in [6, 6.07) is 23.9. The first-order valence-corrected chi connectivity index (χ1v) is 13.6. The van der Waals surface area contributed by atoms with Gasteiger partial charge in [-0.15, -0.1) is 0 Å². The smallest absolute Gasteiger partial charge is 0.310 e. The van der Waals surface area contributed by atoms with E-state index in [1.807, 2.05) is 43.3 Å². The number of para-hydroxylation sites is 1. The van der Waals surface area contributed by atoms with Crippen LogP contribution in [0.4, 0.5) is 10.1 Å². The van der Waals surface area contributed by atoms with Crippen LogP contribution in [-0.2, 0) is 21.7 Å². The molecular formula is C33H33FN2O5. The number of aromatic nitrogens is 1. The predicted octanol–water partition coefficient (Wildman–Crippen LogP) is 6.66. The molecule has 0 unspecified atom stereocenters. The minimum Gasteiger partial charge on any atom is -0.481 e. The molecular weight excluding hydrogens is 523 g/mol. The number of Topliss-reactive ketones (excluding diaryl/α,β-unsaturated/α-hetero) is 1. The number of ketones is 1. The summed E-state index contributed by atoms with van der Waals surface area (Å²) in [5.41, 5.74) is 1.70. The Bertz CT molecular complexity index is 1530. The standard InChI is InChI=1S/C33H33FN2O5/c1-3-11-27-30(32(40)35-25-14-9-6-10-15-25)29(22-12-7-5-8-13-22)31(23-16-18-24(34)19-17-23)36(27)33(41,4-2)21-26(37)20-28(38)39/h5-10,12-19,41H,3-4,11,20-21H2,1-2H3,(H,35,40)(H,38,39)/t33-/m1/s1. The normalized spacial score (nSPS) is 12.5. The predicted molar refractivity (Wildman–Crippen MR) is 156 cm³/mol. The summed E-state index contributed by atoms with van der Waals surface area (Å²) in [6.45, 7) is 3.64. The number of aliphatic hydroxyl groups is 1. The molecule has 41 heavy (non-hydrogen) atoms. The number of aliphatic carboxylic acids is 1. The lowest BCUT2D eigenvalue weighted by atomic mass is 9.95. The van der Waals surface area contributed by atoms with E-state index in [4.69, 9.17) is 0 Å². The number of nitrogens with zero attached hydrogens (tertiary/aromatic N) is 1. The first-order chi connectivity index (χ1) is 19.7. The van der Waals surface area contributed by atoms with Gasteiger partial charge in [-0.3, -0.25) is 14.4 Å². The van der Waals surface area contributed by atoms with Crippen LogP contribution in [0.5, 0.6) is 0 Å². The van der Waals surface area contributed by atoms with Crippen LogP contribution in [0.1, 0.15) is 55.6 Å². The Morgan fingerprint density at radius 3 is 2.05 bits per heavy atom. The second kappa shape index (κ2) is 12.7. The average Bonchev–Trinajstić information content (AvgIpc) is 3.30. The van der Waals surface area contributed by atoms with E-state index in [0.29, 0.717) is 52.2 Å². The van der Waals surface area contributed by atoms with Gasteiger partial charge in [-0.1, -0.05) is 68.8 Å². The average molecular weight is 557 g/mol. The third-order valence-electron chi connectivity index (χ3n) is 7.01. The summed E-state index contributed by atoms with van der Waals surface area (Å²) in [4.78, 5) is 38.3. The van der Waals surface area contributed by atoms with E-state index >= 15 is 0 Å². The van der Waals surface area contributed by atoms with Crippen LogP contribution in [-0.4, -0.2) is 32.4 Å². The number of amides is 1. The number of anilines is 1. The minimum atomic E-state index is -1.87. The Hall–Kier alpha value is -4.56. The van der Waals surface area contributed by atoms with Crippen molar-refractivity contribution in [2.45, 2.75) is 51.7 Å². The van der Waals surface area contributed by atoms with E-state index in [2.05, 4.69) is 5.32 Å². The van der Waals surface area contributed by atoms with Crippen molar-refractivity contribution in [3.63, 3.8) is 0 Å². The van der Waals surface area contributed by atoms with Crippen LogP contribution in [0.25, 0.3) is 22.4 Å². The molecule has 7 nitrogen and oxygen atoms in total. The van der Waals surface area contributed by atoms with Crippen molar-refractivity contribution in [3.05, 3.63) is 102 Å². The molecule has 0 saturated heterocycles. The van der Waals surface area contributed by atoms with Crippen molar-refractivity contribution in [2.24, 2.45) is 0 Å². The molecule has 0 fully saturated rings. The van der Waals surface area contributed by atoms with Gasteiger partial charge in [0, 0.05) is 16.9 Å². The molecule has 8 heteroatoms. The Kier molecular flexibility index (Phi) is 9.14. The Morgan fingerprint density at radius 2 is 1.49 bits per heavy atom. The number of hydrogen-bond acceptors (Lipinski definition) is 4. The van der Waals surface area contributed by atoms with Gasteiger partial charge in [-0.25, -0.2) is 4.39 Å². The van der Waals surface area contributed by atoms with Gasteiger partial charge in [-0.05, 0) is 60.4 Å². The van der Waals surface area contributed by atoms with E-state index in [1.54, 1.807) is 47.9 Å². The molecule has 0 aliphatic carbocycles. The molecule has 3 N–H and O–H groups in total. The van der Waals surface area contributed by atoms with E-state index in [-0.39, 0.29) is 6.42 Å². The Morgan fingerprint density at radius 1 is 0.878 bits per heavy atom. The van der Waals surface area contributed by atoms with Gasteiger partial charge in [0.1, 0.15) is 23.7 Å². The van der Waals surface area contributed by atoms with Crippen molar-refractivity contribution in [2.75, 3.05) is 5.32 Å². The molecule has 0 spiro atoms. The molecule has 0 bridgehead atoms. The lowest BCUT2D eigenvalue weighted by Gasteiger charge is -2.33. The number of hydrogen-bond donors (Lipinski definition) is 3. The van der Waals surface area contributed by atoms with Crippen molar-refractivity contribution in [1.82, 2.24) is 4.57 Å². The maximum Gasteiger partial charge on any atom is 0.310 e. The lowest BCUT2D eigenvalue weighted by molar-refractivity contribution is -0.142. The van der Waals surface area contributed by atoms with E-state index in [0.717, 1.165) is 0 Å². The van der Waals surface area contributed by atoms with Gasteiger partial charge < -0.3 is 20.1 Å². The third kappa shape index (κ3) is 6.44.